The van der Waals surface area contributed by atoms with E-state index in [1.165, 1.54) is 0 Å². The van der Waals surface area contributed by atoms with E-state index in [1.54, 1.807) is 12.1 Å². The molecule has 0 N–H and O–H groups in total. The molecule has 0 unspecified atom stereocenters. The fourth-order valence-corrected chi connectivity index (χ4v) is 1.99. The summed E-state index contributed by atoms with van der Waals surface area (Å²) in [6.07, 6.45) is 0. The molecule has 0 aliphatic heterocycles. The van der Waals surface area contributed by atoms with Crippen LogP contribution in [0.5, 0.6) is 0 Å². The Hall–Kier alpha value is -2.67. The average molecular weight is 253 g/mol. The van der Waals surface area contributed by atoms with Gasteiger partial charge in [0, 0.05) is 0 Å². The van der Waals surface area contributed by atoms with E-state index in [1.807, 2.05) is 36.4 Å². The summed E-state index contributed by atoms with van der Waals surface area (Å²) in [6, 6.07) is 14.6. The maximum Gasteiger partial charge on any atom is 0.376 e. The average Bonchev–Trinajstić information content (AvgIpc) is 2.47. The zero-order valence-corrected chi connectivity index (χ0v) is 10.3. The Morgan fingerprint density at radius 3 is 2.53 bits per heavy atom. The van der Waals surface area contributed by atoms with E-state index in [-0.39, 0.29) is 0 Å². The minimum absolute atomic E-state index is 0.524. The molecule has 0 aromatic heterocycles. The third-order valence-electron chi connectivity index (χ3n) is 2.91. The van der Waals surface area contributed by atoms with Crippen LogP contribution in [0.2, 0.25) is 0 Å². The van der Waals surface area contributed by atoms with Crippen LogP contribution < -0.4 is 0 Å². The topological polar surface area (TPSA) is 67.2 Å². The highest BCUT2D eigenvalue weighted by molar-refractivity contribution is 6.36. The third kappa shape index (κ3) is 2.31. The van der Waals surface area contributed by atoms with Gasteiger partial charge in [0.25, 0.3) is 5.78 Å². The van der Waals surface area contributed by atoms with Gasteiger partial charge in [0.05, 0.1) is 13.2 Å². The Kier molecular flexibility index (Phi) is 3.58. The number of ketones is 1. The smallest absolute Gasteiger partial charge is 0.376 e. The van der Waals surface area contributed by atoms with Crippen molar-refractivity contribution in [1.29, 1.82) is 5.26 Å². The van der Waals surface area contributed by atoms with Gasteiger partial charge in [-0.3, -0.25) is 4.79 Å². The number of hydrogen-bond acceptors (Lipinski definition) is 4. The summed E-state index contributed by atoms with van der Waals surface area (Å²) in [6.45, 7) is 0. The van der Waals surface area contributed by atoms with Gasteiger partial charge >= 0.3 is 5.97 Å². The van der Waals surface area contributed by atoms with Gasteiger partial charge in [0.15, 0.2) is 0 Å². The molecule has 19 heavy (non-hydrogen) atoms. The summed E-state index contributed by atoms with van der Waals surface area (Å²) in [5, 5.41) is 10.9. The number of carbonyl (C=O) groups excluding carboxylic acids is 2. The molecule has 2 aromatic carbocycles. The minimum atomic E-state index is -1.14. The van der Waals surface area contributed by atoms with Crippen LogP contribution in [0.25, 0.3) is 10.8 Å². The second kappa shape index (κ2) is 5.32. The molecule has 2 aromatic rings. The lowest BCUT2D eigenvalue weighted by Gasteiger charge is -2.10. The third-order valence-corrected chi connectivity index (χ3v) is 2.91. The van der Waals surface area contributed by atoms with E-state index in [4.69, 9.17) is 0 Å². The van der Waals surface area contributed by atoms with Gasteiger partial charge in [-0.2, -0.15) is 5.26 Å². The fraction of sp³-hybridized carbons (Fsp3) is 0.133. The molecule has 0 aliphatic carbocycles. The SMILES string of the molecule is COC(=O)C(=O)[C@@H](C#N)c1cccc2ccccc12. The van der Waals surface area contributed by atoms with E-state index in [9.17, 15) is 14.9 Å². The Morgan fingerprint density at radius 1 is 1.16 bits per heavy atom. The zero-order valence-electron chi connectivity index (χ0n) is 10.3. The first-order valence-corrected chi connectivity index (χ1v) is 5.68. The monoisotopic (exact) mass is 253 g/mol. The summed E-state index contributed by atoms with van der Waals surface area (Å²) < 4.78 is 4.39. The summed E-state index contributed by atoms with van der Waals surface area (Å²) in [4.78, 5) is 23.2. The predicted octanol–water partition coefficient (Wildman–Crippen LogP) is 2.19. The molecule has 0 aliphatic rings. The van der Waals surface area contributed by atoms with Gasteiger partial charge in [0.2, 0.25) is 0 Å². The van der Waals surface area contributed by atoms with Crippen LogP contribution in [0, 0.1) is 11.3 Å². The molecule has 2 rings (SSSR count). The summed E-state index contributed by atoms with van der Waals surface area (Å²) in [5.74, 6) is -2.99. The standard InChI is InChI=1S/C15H11NO3/c1-19-15(18)14(17)13(9-16)12-8-4-6-10-5-2-3-7-11(10)12/h2-8,13H,1H3/t13-/m0/s1. The molecule has 0 amide bonds. The highest BCUT2D eigenvalue weighted by Crippen LogP contribution is 2.26. The number of benzene rings is 2. The molecule has 4 nitrogen and oxygen atoms in total. The molecule has 1 atom stereocenters. The Balaban J connectivity index is 2.57. The molecule has 0 radical (unpaired) electrons. The molecular weight excluding hydrogens is 242 g/mol. The Bertz CT molecular complexity index is 680. The van der Waals surface area contributed by atoms with E-state index < -0.39 is 17.7 Å². The lowest BCUT2D eigenvalue weighted by molar-refractivity contribution is -0.151. The van der Waals surface area contributed by atoms with E-state index >= 15 is 0 Å². The quantitative estimate of drug-likeness (QED) is 0.621. The maximum atomic E-state index is 11.9. The van der Waals surface area contributed by atoms with E-state index in [2.05, 4.69) is 4.74 Å². The van der Waals surface area contributed by atoms with E-state index in [0.29, 0.717) is 5.56 Å². The summed E-state index contributed by atoms with van der Waals surface area (Å²) >= 11 is 0. The number of fused-ring (bicyclic) bond motifs is 1. The van der Waals surface area contributed by atoms with Crippen LogP contribution in [-0.4, -0.2) is 18.9 Å². The van der Waals surface area contributed by atoms with Gasteiger partial charge < -0.3 is 4.74 Å². The first kappa shape index (κ1) is 12.8. The second-order valence-corrected chi connectivity index (χ2v) is 3.99. The zero-order chi connectivity index (χ0) is 13.8. The van der Waals surface area contributed by atoms with Crippen LogP contribution >= 0.6 is 0 Å². The highest BCUT2D eigenvalue weighted by Gasteiger charge is 2.28. The van der Waals surface area contributed by atoms with Crippen LogP contribution in [0.1, 0.15) is 11.5 Å². The van der Waals surface area contributed by atoms with Gasteiger partial charge in [0.1, 0.15) is 5.92 Å². The fourth-order valence-electron chi connectivity index (χ4n) is 1.99. The van der Waals surface area contributed by atoms with Crippen LogP contribution in [0.3, 0.4) is 0 Å². The predicted molar refractivity (Wildman–Crippen MR) is 69.3 cm³/mol. The molecule has 94 valence electrons. The van der Waals surface area contributed by atoms with Crippen molar-refractivity contribution in [2.24, 2.45) is 0 Å². The van der Waals surface area contributed by atoms with Gasteiger partial charge in [-0.1, -0.05) is 42.5 Å². The van der Waals surface area contributed by atoms with Crippen molar-refractivity contribution in [1.82, 2.24) is 0 Å². The Labute approximate surface area is 110 Å². The normalized spacial score (nSPS) is 11.6. The van der Waals surface area contributed by atoms with Crippen molar-refractivity contribution < 1.29 is 14.3 Å². The number of rotatable bonds is 3. The second-order valence-electron chi connectivity index (χ2n) is 3.99. The highest BCUT2D eigenvalue weighted by atomic mass is 16.5. The van der Waals surface area contributed by atoms with Crippen LogP contribution in [0.15, 0.2) is 42.5 Å². The largest absolute Gasteiger partial charge is 0.463 e. The maximum absolute atomic E-state index is 11.9. The van der Waals surface area contributed by atoms with Gasteiger partial charge in [-0.15, -0.1) is 0 Å². The number of hydrogen-bond donors (Lipinski definition) is 0. The molecule has 0 fully saturated rings. The molecule has 0 saturated heterocycles. The Morgan fingerprint density at radius 2 is 1.84 bits per heavy atom. The van der Waals surface area contributed by atoms with Gasteiger partial charge in [-0.05, 0) is 16.3 Å². The minimum Gasteiger partial charge on any atom is -0.463 e. The summed E-state index contributed by atoms with van der Waals surface area (Å²) in [7, 11) is 1.12. The summed E-state index contributed by atoms with van der Waals surface area (Å²) in [5.41, 5.74) is 0.524. The van der Waals surface area contributed by atoms with Crippen LogP contribution in [0.4, 0.5) is 0 Å². The lowest BCUT2D eigenvalue weighted by Crippen LogP contribution is -2.22. The van der Waals surface area contributed by atoms with Crippen molar-refractivity contribution in [2.75, 3.05) is 7.11 Å². The molecule has 4 heteroatoms. The van der Waals surface area contributed by atoms with Crippen molar-refractivity contribution in [3.05, 3.63) is 48.0 Å². The number of ether oxygens (including phenoxy) is 1. The van der Waals surface area contributed by atoms with Gasteiger partial charge in [-0.25, -0.2) is 4.79 Å². The number of methoxy groups -OCH3 is 1. The van der Waals surface area contributed by atoms with Crippen molar-refractivity contribution in [2.45, 2.75) is 5.92 Å². The lowest BCUT2D eigenvalue weighted by atomic mass is 9.91. The van der Waals surface area contributed by atoms with Crippen molar-refractivity contribution in [3.63, 3.8) is 0 Å². The first-order valence-electron chi connectivity index (χ1n) is 5.68. The number of carbonyl (C=O) groups is 2. The van der Waals surface area contributed by atoms with E-state index in [0.717, 1.165) is 17.9 Å². The first-order chi connectivity index (χ1) is 9.19. The molecule has 0 spiro atoms. The van der Waals surface area contributed by atoms with Crippen molar-refractivity contribution >= 4 is 22.5 Å². The molecule has 0 saturated carbocycles. The molecule has 0 heterocycles. The number of nitrogens with zero attached hydrogens (tertiary/aromatic N) is 1. The van der Waals surface area contributed by atoms with Crippen molar-refractivity contribution in [3.8, 4) is 6.07 Å². The molecule has 0 bridgehead atoms. The number of nitriles is 1. The number of esters is 1. The van der Waals surface area contributed by atoms with Crippen LogP contribution in [-0.2, 0) is 14.3 Å². The number of Topliss-reactive ketones (excluding diaryl/α,β-unsaturated/α-hetero) is 1. The molecular formula is C15H11NO3.